The summed E-state index contributed by atoms with van der Waals surface area (Å²) < 4.78 is 1.70. The first-order valence-corrected chi connectivity index (χ1v) is 18.6. The number of carbonyl (C=O) groups excluding carboxylic acids is 1. The molecule has 0 aromatic carbocycles. The Morgan fingerprint density at radius 2 is 1.95 bits per heavy atom. The molecule has 0 saturated heterocycles. The SMILES string of the molecule is CC1=C(C)C(C)(C/C=[C](/CCCCl)[Sn]([CH3])([CH3])[CH3])CCC1=O. The van der Waals surface area contributed by atoms with Crippen molar-refractivity contribution in [1.82, 2.24) is 0 Å². The molecule has 1 aliphatic rings. The van der Waals surface area contributed by atoms with Gasteiger partial charge < -0.3 is 0 Å². The van der Waals surface area contributed by atoms with E-state index in [4.69, 9.17) is 11.6 Å². The molecule has 1 aliphatic carbocycles. The molecular weight excluding hydrogens is 386 g/mol. The van der Waals surface area contributed by atoms with Crippen molar-refractivity contribution in [3.8, 4) is 0 Å². The normalized spacial score (nSPS) is 24.7. The second-order valence-corrected chi connectivity index (χ2v) is 22.8. The Morgan fingerprint density at radius 1 is 1.33 bits per heavy atom. The number of rotatable bonds is 6. The Balaban J connectivity index is 2.96. The second-order valence-electron chi connectivity index (χ2n) is 7.71. The van der Waals surface area contributed by atoms with Crippen LogP contribution in [0.5, 0.6) is 0 Å². The molecule has 0 saturated carbocycles. The summed E-state index contributed by atoms with van der Waals surface area (Å²) in [6, 6.07) is 0. The third-order valence-electron chi connectivity index (χ3n) is 5.13. The molecule has 0 radical (unpaired) electrons. The molecule has 0 aromatic rings. The van der Waals surface area contributed by atoms with E-state index >= 15 is 0 Å². The van der Waals surface area contributed by atoms with Gasteiger partial charge in [0.05, 0.1) is 0 Å². The summed E-state index contributed by atoms with van der Waals surface area (Å²) in [5.74, 6) is 1.09. The molecule has 3 heteroatoms. The molecule has 0 spiro atoms. The van der Waals surface area contributed by atoms with Crippen LogP contribution in [0, 0.1) is 5.41 Å². The van der Waals surface area contributed by atoms with Gasteiger partial charge in [0.1, 0.15) is 0 Å². The Morgan fingerprint density at radius 3 is 2.48 bits per heavy atom. The molecule has 0 aliphatic heterocycles. The van der Waals surface area contributed by atoms with Gasteiger partial charge in [0.25, 0.3) is 0 Å². The molecular formula is C18H31ClOSn. The molecule has 1 unspecified atom stereocenters. The minimum atomic E-state index is -2.03. The predicted molar refractivity (Wildman–Crippen MR) is 96.7 cm³/mol. The van der Waals surface area contributed by atoms with Gasteiger partial charge in [-0.1, -0.05) is 0 Å². The van der Waals surface area contributed by atoms with Gasteiger partial charge in [-0.05, 0) is 0 Å². The molecule has 0 bridgehead atoms. The second kappa shape index (κ2) is 7.68. The Hall–Kier alpha value is 0.239. The molecule has 120 valence electrons. The summed E-state index contributed by atoms with van der Waals surface area (Å²) >= 11 is 3.86. The number of carbonyl (C=O) groups is 1. The Kier molecular flexibility index (Phi) is 7.05. The molecule has 0 N–H and O–H groups in total. The number of halogens is 1. The number of allylic oxidation sites excluding steroid dienone is 4. The average molecular weight is 418 g/mol. The Labute approximate surface area is 140 Å². The summed E-state index contributed by atoms with van der Waals surface area (Å²) in [4.78, 5) is 19.3. The van der Waals surface area contributed by atoms with Crippen LogP contribution in [0.2, 0.25) is 14.8 Å². The van der Waals surface area contributed by atoms with Crippen molar-refractivity contribution in [2.75, 3.05) is 5.88 Å². The topological polar surface area (TPSA) is 17.1 Å². The van der Waals surface area contributed by atoms with Gasteiger partial charge in [-0.3, -0.25) is 0 Å². The minimum absolute atomic E-state index is 0.168. The van der Waals surface area contributed by atoms with Crippen molar-refractivity contribution in [3.05, 3.63) is 20.8 Å². The molecule has 1 rings (SSSR count). The molecule has 0 heterocycles. The van der Waals surface area contributed by atoms with Crippen LogP contribution >= 0.6 is 11.6 Å². The predicted octanol–water partition coefficient (Wildman–Crippen LogP) is 5.90. The van der Waals surface area contributed by atoms with E-state index in [1.807, 2.05) is 6.92 Å². The van der Waals surface area contributed by atoms with Crippen LogP contribution in [-0.2, 0) is 4.79 Å². The van der Waals surface area contributed by atoms with Crippen molar-refractivity contribution in [2.45, 2.75) is 67.7 Å². The molecule has 1 nitrogen and oxygen atoms in total. The first-order valence-electron chi connectivity index (χ1n) is 8.08. The van der Waals surface area contributed by atoms with Gasteiger partial charge in [-0.15, -0.1) is 0 Å². The van der Waals surface area contributed by atoms with E-state index < -0.39 is 18.4 Å². The van der Waals surface area contributed by atoms with Gasteiger partial charge in [-0.25, -0.2) is 0 Å². The summed E-state index contributed by atoms with van der Waals surface area (Å²) in [7, 11) is 0. The van der Waals surface area contributed by atoms with Crippen LogP contribution in [0.1, 0.15) is 52.9 Å². The van der Waals surface area contributed by atoms with E-state index in [1.165, 1.54) is 12.0 Å². The van der Waals surface area contributed by atoms with E-state index in [1.54, 1.807) is 3.59 Å². The zero-order valence-corrected chi connectivity index (χ0v) is 18.2. The van der Waals surface area contributed by atoms with E-state index in [0.717, 1.165) is 30.7 Å². The van der Waals surface area contributed by atoms with Gasteiger partial charge in [0.2, 0.25) is 0 Å². The van der Waals surface area contributed by atoms with Crippen molar-refractivity contribution in [1.29, 1.82) is 0 Å². The number of hydrogen-bond donors (Lipinski definition) is 0. The zero-order chi connectivity index (χ0) is 16.3. The molecule has 0 amide bonds. The van der Waals surface area contributed by atoms with Crippen LogP contribution in [0.4, 0.5) is 0 Å². The molecule has 1 atom stereocenters. The van der Waals surface area contributed by atoms with E-state index in [0.29, 0.717) is 12.2 Å². The zero-order valence-electron chi connectivity index (χ0n) is 14.6. The van der Waals surface area contributed by atoms with Crippen molar-refractivity contribution >= 4 is 35.8 Å². The maximum absolute atomic E-state index is 11.9. The van der Waals surface area contributed by atoms with Crippen LogP contribution < -0.4 is 0 Å². The van der Waals surface area contributed by atoms with Crippen LogP contribution in [0.15, 0.2) is 20.8 Å². The van der Waals surface area contributed by atoms with Gasteiger partial charge >= 0.3 is 140 Å². The van der Waals surface area contributed by atoms with Crippen LogP contribution in [-0.4, -0.2) is 30.0 Å². The molecule has 0 fully saturated rings. The Bertz CT molecular complexity index is 456. The molecule has 0 aromatic heterocycles. The van der Waals surface area contributed by atoms with E-state index in [-0.39, 0.29) is 5.41 Å². The number of Topliss-reactive ketones (excluding diaryl/α,β-unsaturated/α-hetero) is 1. The van der Waals surface area contributed by atoms with Gasteiger partial charge in [-0.2, -0.15) is 0 Å². The number of hydrogen-bond acceptors (Lipinski definition) is 1. The number of alkyl halides is 1. The fourth-order valence-electron chi connectivity index (χ4n) is 3.07. The standard InChI is InChI=1S/C15H22ClO.3CH3.Sn/c1-12-13(2)15(3,10-8-14(12)17)9-6-4-5-7-11-16;;;;/h6H,5,7-11H2,1-3H3;3*1H3;. The summed E-state index contributed by atoms with van der Waals surface area (Å²) in [6.45, 7) is 6.47. The van der Waals surface area contributed by atoms with Crippen molar-refractivity contribution in [2.24, 2.45) is 5.41 Å². The summed E-state index contributed by atoms with van der Waals surface area (Å²) in [6.07, 6.45) is 7.55. The summed E-state index contributed by atoms with van der Waals surface area (Å²) in [5, 5.41) is 0. The van der Waals surface area contributed by atoms with Crippen molar-refractivity contribution < 1.29 is 4.79 Å². The average Bonchev–Trinajstić information content (AvgIpc) is 2.40. The van der Waals surface area contributed by atoms with Crippen LogP contribution in [0.3, 0.4) is 0 Å². The van der Waals surface area contributed by atoms with Crippen LogP contribution in [0.25, 0.3) is 0 Å². The molecule has 21 heavy (non-hydrogen) atoms. The third-order valence-corrected chi connectivity index (χ3v) is 12.2. The monoisotopic (exact) mass is 418 g/mol. The fourth-order valence-corrected chi connectivity index (χ4v) is 7.89. The summed E-state index contributed by atoms with van der Waals surface area (Å²) in [5.41, 5.74) is 2.47. The van der Waals surface area contributed by atoms with Crippen molar-refractivity contribution in [3.63, 3.8) is 0 Å². The third kappa shape index (κ3) is 5.13. The first-order chi connectivity index (χ1) is 9.62. The van der Waals surface area contributed by atoms with E-state index in [9.17, 15) is 4.79 Å². The number of ketones is 1. The fraction of sp³-hybridized carbons (Fsp3) is 0.722. The van der Waals surface area contributed by atoms with E-state index in [2.05, 4.69) is 34.7 Å². The first kappa shape index (κ1) is 19.3. The maximum atomic E-state index is 11.9. The van der Waals surface area contributed by atoms with Gasteiger partial charge in [0.15, 0.2) is 0 Å². The quantitative estimate of drug-likeness (QED) is 0.388. The van der Waals surface area contributed by atoms with Gasteiger partial charge in [0, 0.05) is 0 Å².